The van der Waals surface area contributed by atoms with E-state index in [-0.39, 0.29) is 23.7 Å². The van der Waals surface area contributed by atoms with Crippen molar-refractivity contribution >= 4 is 21.4 Å². The third-order valence-corrected chi connectivity index (χ3v) is 5.09. The van der Waals surface area contributed by atoms with Crippen LogP contribution >= 0.6 is 11.3 Å². The smallest absolute Gasteiger partial charge is 0.326 e. The molecule has 18 heavy (non-hydrogen) atoms. The number of sulfonamides is 1. The zero-order chi connectivity index (χ0) is 13.8. The Hall–Kier alpha value is -0.640. The van der Waals surface area contributed by atoms with Crippen LogP contribution in [0.2, 0.25) is 0 Å². The van der Waals surface area contributed by atoms with Crippen LogP contribution in [0.4, 0.5) is 13.2 Å². The molecule has 0 aliphatic heterocycles. The summed E-state index contributed by atoms with van der Waals surface area (Å²) in [7, 11) is -3.72. The molecular weight excluding hydrogens is 289 g/mol. The second-order valence-electron chi connectivity index (χ2n) is 3.54. The highest BCUT2D eigenvalue weighted by molar-refractivity contribution is 7.91. The van der Waals surface area contributed by atoms with E-state index in [1.54, 1.807) is 6.07 Å². The summed E-state index contributed by atoms with van der Waals surface area (Å²) in [4.78, 5) is 0.700. The number of thiophene rings is 1. The molecule has 1 aromatic heterocycles. The molecule has 0 unspecified atom stereocenters. The maximum atomic E-state index is 11.9. The van der Waals surface area contributed by atoms with Gasteiger partial charge in [0.2, 0.25) is 10.0 Å². The summed E-state index contributed by atoms with van der Waals surface area (Å²) in [6.07, 6.45) is -5.55. The summed E-state index contributed by atoms with van der Waals surface area (Å²) in [6.45, 7) is -0.00797. The molecule has 0 amide bonds. The molecule has 104 valence electrons. The van der Waals surface area contributed by atoms with E-state index in [2.05, 4.69) is 4.72 Å². The second-order valence-corrected chi connectivity index (χ2v) is 6.70. The van der Waals surface area contributed by atoms with Gasteiger partial charge in [0, 0.05) is 24.4 Å². The minimum atomic E-state index is -4.26. The first-order valence-electron chi connectivity index (χ1n) is 5.10. The van der Waals surface area contributed by atoms with Crippen LogP contribution in [0.3, 0.4) is 0 Å². The monoisotopic (exact) mass is 302 g/mol. The quantitative estimate of drug-likeness (QED) is 0.787. The van der Waals surface area contributed by atoms with Crippen LogP contribution in [0.5, 0.6) is 0 Å². The molecular formula is C9H13F3N2O2S2. The number of nitrogens with two attached hydrogens (primary N) is 1. The molecule has 0 aliphatic rings. The molecule has 1 heterocycles. The Morgan fingerprint density at radius 1 is 1.33 bits per heavy atom. The van der Waals surface area contributed by atoms with Crippen LogP contribution in [0.25, 0.3) is 0 Å². The fraction of sp³-hybridized carbons (Fsp3) is 0.556. The first kappa shape index (κ1) is 15.4. The Kier molecular flexibility index (Phi) is 5.14. The Morgan fingerprint density at radius 2 is 2.00 bits per heavy atom. The van der Waals surface area contributed by atoms with Crippen LogP contribution in [0.15, 0.2) is 16.3 Å². The van der Waals surface area contributed by atoms with E-state index in [0.29, 0.717) is 4.88 Å². The number of hydrogen-bond acceptors (Lipinski definition) is 4. The van der Waals surface area contributed by atoms with E-state index in [0.717, 1.165) is 11.3 Å². The van der Waals surface area contributed by atoms with Gasteiger partial charge in [-0.3, -0.25) is 0 Å². The van der Waals surface area contributed by atoms with Gasteiger partial charge in [-0.05, 0) is 18.6 Å². The predicted molar refractivity (Wildman–Crippen MR) is 62.7 cm³/mol. The van der Waals surface area contributed by atoms with E-state index in [4.69, 9.17) is 5.73 Å². The molecule has 0 fully saturated rings. The number of rotatable bonds is 6. The van der Waals surface area contributed by atoms with Crippen molar-refractivity contribution in [3.8, 4) is 0 Å². The summed E-state index contributed by atoms with van der Waals surface area (Å²) < 4.78 is 61.1. The van der Waals surface area contributed by atoms with Gasteiger partial charge in [-0.2, -0.15) is 13.2 Å². The Bertz CT molecular complexity index is 482. The first-order chi connectivity index (χ1) is 8.24. The van der Waals surface area contributed by atoms with Crippen LogP contribution in [-0.2, 0) is 16.6 Å². The largest absolute Gasteiger partial charge is 0.389 e. The average Bonchev–Trinajstić information content (AvgIpc) is 2.72. The van der Waals surface area contributed by atoms with E-state index >= 15 is 0 Å². The molecule has 0 radical (unpaired) electrons. The standard InChI is InChI=1S/C9H13F3N2O2S2/c10-9(11,12)4-1-5-14-18(15,16)8-3-2-7(6-13)17-8/h2-3,14H,1,4-6,13H2. The molecule has 0 spiro atoms. The molecule has 9 heteroatoms. The van der Waals surface area contributed by atoms with Crippen LogP contribution < -0.4 is 10.5 Å². The van der Waals surface area contributed by atoms with Crippen molar-refractivity contribution in [1.29, 1.82) is 0 Å². The highest BCUT2D eigenvalue weighted by atomic mass is 32.2. The van der Waals surface area contributed by atoms with Crippen molar-refractivity contribution in [2.24, 2.45) is 5.73 Å². The number of nitrogens with one attached hydrogen (secondary N) is 1. The summed E-state index contributed by atoms with van der Waals surface area (Å²) in [5.74, 6) is 0. The molecule has 3 N–H and O–H groups in total. The lowest BCUT2D eigenvalue weighted by Gasteiger charge is -2.07. The molecule has 0 bridgehead atoms. The first-order valence-corrected chi connectivity index (χ1v) is 7.40. The normalized spacial score (nSPS) is 12.9. The number of halogens is 3. The minimum Gasteiger partial charge on any atom is -0.326 e. The Morgan fingerprint density at radius 3 is 2.50 bits per heavy atom. The van der Waals surface area contributed by atoms with Gasteiger partial charge in [0.15, 0.2) is 0 Å². The van der Waals surface area contributed by atoms with Crippen molar-refractivity contribution in [1.82, 2.24) is 4.72 Å². The molecule has 0 atom stereocenters. The van der Waals surface area contributed by atoms with Gasteiger partial charge in [-0.15, -0.1) is 11.3 Å². The van der Waals surface area contributed by atoms with E-state index in [9.17, 15) is 21.6 Å². The second kappa shape index (κ2) is 6.00. The summed E-state index contributed by atoms with van der Waals surface area (Å²) in [6, 6.07) is 2.97. The fourth-order valence-electron chi connectivity index (χ4n) is 1.18. The minimum absolute atomic E-state index is 0.0648. The van der Waals surface area contributed by atoms with Crippen LogP contribution in [-0.4, -0.2) is 21.1 Å². The summed E-state index contributed by atoms with van der Waals surface area (Å²) in [5, 5.41) is 0. The van der Waals surface area contributed by atoms with Crippen molar-refractivity contribution < 1.29 is 21.6 Å². The number of alkyl halides is 3. The Labute approximate surface area is 107 Å². The van der Waals surface area contributed by atoms with Crippen molar-refractivity contribution in [3.63, 3.8) is 0 Å². The van der Waals surface area contributed by atoms with Gasteiger partial charge >= 0.3 is 6.18 Å². The van der Waals surface area contributed by atoms with Gasteiger partial charge < -0.3 is 5.73 Å². The lowest BCUT2D eigenvalue weighted by Crippen LogP contribution is -2.25. The molecule has 1 rings (SSSR count). The van der Waals surface area contributed by atoms with Crippen molar-refractivity contribution in [3.05, 3.63) is 17.0 Å². The molecule has 0 saturated carbocycles. The van der Waals surface area contributed by atoms with Gasteiger partial charge in [0.1, 0.15) is 4.21 Å². The van der Waals surface area contributed by atoms with Crippen LogP contribution in [0.1, 0.15) is 17.7 Å². The van der Waals surface area contributed by atoms with Gasteiger partial charge in [0.25, 0.3) is 0 Å². The molecule has 0 saturated heterocycles. The van der Waals surface area contributed by atoms with Gasteiger partial charge in [0.05, 0.1) is 0 Å². The molecule has 1 aromatic rings. The highest BCUT2D eigenvalue weighted by Gasteiger charge is 2.26. The third kappa shape index (κ3) is 4.92. The van der Waals surface area contributed by atoms with Crippen molar-refractivity contribution in [2.45, 2.75) is 29.8 Å². The van der Waals surface area contributed by atoms with Gasteiger partial charge in [-0.25, -0.2) is 13.1 Å². The molecule has 4 nitrogen and oxygen atoms in total. The maximum absolute atomic E-state index is 11.9. The predicted octanol–water partition coefficient (Wildman–Crippen LogP) is 1.83. The van der Waals surface area contributed by atoms with Crippen molar-refractivity contribution in [2.75, 3.05) is 6.54 Å². The van der Waals surface area contributed by atoms with E-state index < -0.39 is 22.6 Å². The zero-order valence-electron chi connectivity index (χ0n) is 9.33. The topological polar surface area (TPSA) is 72.2 Å². The average molecular weight is 302 g/mol. The fourth-order valence-corrected chi connectivity index (χ4v) is 3.53. The maximum Gasteiger partial charge on any atom is 0.389 e. The molecule has 0 aliphatic carbocycles. The summed E-state index contributed by atoms with van der Waals surface area (Å²) >= 11 is 1.01. The Balaban J connectivity index is 2.50. The SMILES string of the molecule is NCc1ccc(S(=O)(=O)NCCCC(F)(F)F)s1. The van der Waals surface area contributed by atoms with Gasteiger partial charge in [-0.1, -0.05) is 0 Å². The lowest BCUT2D eigenvalue weighted by atomic mass is 10.3. The summed E-state index contributed by atoms with van der Waals surface area (Å²) in [5.41, 5.74) is 5.35. The van der Waals surface area contributed by atoms with E-state index in [1.165, 1.54) is 6.07 Å². The molecule has 0 aromatic carbocycles. The van der Waals surface area contributed by atoms with Crippen LogP contribution in [0, 0.1) is 0 Å². The lowest BCUT2D eigenvalue weighted by molar-refractivity contribution is -0.135. The highest BCUT2D eigenvalue weighted by Crippen LogP contribution is 2.22. The van der Waals surface area contributed by atoms with E-state index in [1.807, 2.05) is 0 Å². The third-order valence-electron chi connectivity index (χ3n) is 2.03. The zero-order valence-corrected chi connectivity index (χ0v) is 11.0. The number of hydrogen-bond donors (Lipinski definition) is 2.